The molecule has 0 saturated carbocycles. The van der Waals surface area contributed by atoms with Crippen molar-refractivity contribution in [3.05, 3.63) is 71.9 Å². The second kappa shape index (κ2) is 6.75. The Kier molecular flexibility index (Phi) is 4.52. The smallest absolute Gasteiger partial charge is 0.211 e. The maximum Gasteiger partial charge on any atom is 0.211 e. The molecule has 0 aliphatic heterocycles. The number of nitrogens with zero attached hydrogens (tertiary/aromatic N) is 1. The number of aryl methyl sites for hydroxylation is 3. The van der Waals surface area contributed by atoms with Gasteiger partial charge in [-0.15, -0.1) is 0 Å². The Bertz CT molecular complexity index is 905. The lowest BCUT2D eigenvalue weighted by molar-refractivity contribution is -0.105. The first-order chi connectivity index (χ1) is 11.6. The van der Waals surface area contributed by atoms with Gasteiger partial charge in [0.1, 0.15) is 0 Å². The van der Waals surface area contributed by atoms with Crippen LogP contribution in [0.15, 0.2) is 55.2 Å². The highest BCUT2D eigenvalue weighted by atomic mass is 16.1. The molecule has 0 spiro atoms. The van der Waals surface area contributed by atoms with Gasteiger partial charge in [-0.25, -0.2) is 0 Å². The van der Waals surface area contributed by atoms with Crippen LogP contribution in [-0.4, -0.2) is 11.0 Å². The van der Waals surface area contributed by atoms with Crippen molar-refractivity contribution < 1.29 is 4.79 Å². The highest BCUT2D eigenvalue weighted by Gasteiger charge is 2.07. The number of allylic oxidation sites excluding steroid dienone is 1. The zero-order chi connectivity index (χ0) is 17.1. The summed E-state index contributed by atoms with van der Waals surface area (Å²) in [6.45, 7) is 6.07. The van der Waals surface area contributed by atoms with Crippen molar-refractivity contribution in [2.45, 2.75) is 19.8 Å². The van der Waals surface area contributed by atoms with Gasteiger partial charge in [-0.2, -0.15) is 0 Å². The normalized spacial score (nSPS) is 10.8. The van der Waals surface area contributed by atoms with Gasteiger partial charge in [-0.3, -0.25) is 4.79 Å². The molecule has 3 heteroatoms. The van der Waals surface area contributed by atoms with Crippen molar-refractivity contribution in [3.8, 4) is 0 Å². The molecular weight excluding hydrogens is 296 g/mol. The predicted octanol–water partition coefficient (Wildman–Crippen LogP) is 4.56. The van der Waals surface area contributed by atoms with Crippen molar-refractivity contribution in [3.63, 3.8) is 0 Å². The van der Waals surface area contributed by atoms with E-state index in [2.05, 4.69) is 60.0 Å². The van der Waals surface area contributed by atoms with Gasteiger partial charge in [0, 0.05) is 24.4 Å². The Morgan fingerprint density at radius 2 is 2.00 bits per heavy atom. The lowest BCUT2D eigenvalue weighted by Gasteiger charge is -2.12. The number of hydrogen-bond acceptors (Lipinski definition) is 1. The maximum atomic E-state index is 10.6. The molecule has 1 amide bonds. The number of benzene rings is 2. The third-order valence-electron chi connectivity index (χ3n) is 4.43. The van der Waals surface area contributed by atoms with Crippen LogP contribution in [0, 0.1) is 0 Å². The minimum absolute atomic E-state index is 0.701. The number of carbonyl (C=O) groups is 1. The standard InChI is InChI=1S/C21H22N2O/c1-15(2)20-13-19(22-14-24)9-8-17(20)6-4-16-5-7-18-10-11-23(3)21(18)12-16/h5,7-14H,1,4,6H2,2-3H3,(H,22,24). The number of fused-ring (bicyclic) bond motifs is 1. The summed E-state index contributed by atoms with van der Waals surface area (Å²) < 4.78 is 2.15. The van der Waals surface area contributed by atoms with E-state index in [1.165, 1.54) is 22.0 Å². The van der Waals surface area contributed by atoms with E-state index in [4.69, 9.17) is 0 Å². The van der Waals surface area contributed by atoms with Crippen LogP contribution in [0.3, 0.4) is 0 Å². The molecule has 122 valence electrons. The number of hydrogen-bond donors (Lipinski definition) is 1. The van der Waals surface area contributed by atoms with Crippen molar-refractivity contribution in [2.24, 2.45) is 7.05 Å². The number of anilines is 1. The first-order valence-corrected chi connectivity index (χ1v) is 8.11. The Morgan fingerprint density at radius 1 is 1.17 bits per heavy atom. The number of amides is 1. The van der Waals surface area contributed by atoms with E-state index >= 15 is 0 Å². The Hall–Kier alpha value is -2.81. The fraction of sp³-hybridized carbons (Fsp3) is 0.190. The molecule has 1 aromatic heterocycles. The van der Waals surface area contributed by atoms with Crippen molar-refractivity contribution in [1.82, 2.24) is 4.57 Å². The maximum absolute atomic E-state index is 10.6. The molecule has 1 heterocycles. The van der Waals surface area contributed by atoms with Gasteiger partial charge >= 0.3 is 0 Å². The monoisotopic (exact) mass is 318 g/mol. The van der Waals surface area contributed by atoms with E-state index in [-0.39, 0.29) is 0 Å². The summed E-state index contributed by atoms with van der Waals surface area (Å²) in [5.41, 5.74) is 6.77. The van der Waals surface area contributed by atoms with Crippen LogP contribution >= 0.6 is 0 Å². The van der Waals surface area contributed by atoms with Crippen LogP contribution in [0.1, 0.15) is 23.6 Å². The second-order valence-corrected chi connectivity index (χ2v) is 6.23. The van der Waals surface area contributed by atoms with Crippen molar-refractivity contribution in [2.75, 3.05) is 5.32 Å². The van der Waals surface area contributed by atoms with Crippen molar-refractivity contribution in [1.29, 1.82) is 0 Å². The molecule has 24 heavy (non-hydrogen) atoms. The Labute approximate surface area is 142 Å². The third-order valence-corrected chi connectivity index (χ3v) is 4.43. The molecule has 3 aromatic rings. The average molecular weight is 318 g/mol. The van der Waals surface area contributed by atoms with Crippen LogP contribution in [-0.2, 0) is 24.7 Å². The molecule has 0 atom stereocenters. The molecule has 0 saturated heterocycles. The average Bonchev–Trinajstić information content (AvgIpc) is 2.94. The van der Waals surface area contributed by atoms with Gasteiger partial charge in [-0.1, -0.05) is 30.4 Å². The quantitative estimate of drug-likeness (QED) is 0.664. The van der Waals surface area contributed by atoms with E-state index in [1.54, 1.807) is 0 Å². The molecule has 0 bridgehead atoms. The summed E-state index contributed by atoms with van der Waals surface area (Å²) in [7, 11) is 2.07. The minimum atomic E-state index is 0.701. The van der Waals surface area contributed by atoms with Crippen molar-refractivity contribution >= 4 is 28.6 Å². The summed E-state index contributed by atoms with van der Waals surface area (Å²) in [6, 6.07) is 14.8. The van der Waals surface area contributed by atoms with Gasteiger partial charge in [0.05, 0.1) is 0 Å². The van der Waals surface area contributed by atoms with Crippen LogP contribution in [0.5, 0.6) is 0 Å². The zero-order valence-electron chi connectivity index (χ0n) is 14.2. The molecule has 0 unspecified atom stereocenters. The summed E-state index contributed by atoms with van der Waals surface area (Å²) in [6.07, 6.45) is 4.71. The SMILES string of the molecule is C=C(C)c1cc(NC=O)ccc1CCc1ccc2ccn(C)c2c1. The largest absolute Gasteiger partial charge is 0.351 e. The van der Waals surface area contributed by atoms with E-state index in [1.807, 2.05) is 19.1 Å². The van der Waals surface area contributed by atoms with Gasteiger partial charge in [0.15, 0.2) is 0 Å². The van der Waals surface area contributed by atoms with Crippen LogP contribution in [0.2, 0.25) is 0 Å². The van der Waals surface area contributed by atoms with E-state index in [9.17, 15) is 4.79 Å². The number of aromatic nitrogens is 1. The first kappa shape index (κ1) is 16.1. The highest BCUT2D eigenvalue weighted by Crippen LogP contribution is 2.24. The Balaban J connectivity index is 1.83. The fourth-order valence-corrected chi connectivity index (χ4v) is 3.09. The van der Waals surface area contributed by atoms with E-state index < -0.39 is 0 Å². The summed E-state index contributed by atoms with van der Waals surface area (Å²) >= 11 is 0. The molecule has 3 nitrogen and oxygen atoms in total. The summed E-state index contributed by atoms with van der Waals surface area (Å²) in [4.78, 5) is 10.6. The van der Waals surface area contributed by atoms with Gasteiger partial charge in [-0.05, 0) is 66.1 Å². The second-order valence-electron chi connectivity index (χ2n) is 6.23. The molecule has 0 aliphatic carbocycles. The van der Waals surface area contributed by atoms with Gasteiger partial charge < -0.3 is 9.88 Å². The molecule has 3 rings (SSSR count). The number of carbonyl (C=O) groups excluding carboxylic acids is 1. The molecule has 1 N–H and O–H groups in total. The number of rotatable bonds is 6. The lowest BCUT2D eigenvalue weighted by atomic mass is 9.95. The summed E-state index contributed by atoms with van der Waals surface area (Å²) in [5.74, 6) is 0. The summed E-state index contributed by atoms with van der Waals surface area (Å²) in [5, 5.41) is 3.97. The zero-order valence-corrected chi connectivity index (χ0v) is 14.2. The van der Waals surface area contributed by atoms with Crippen LogP contribution in [0.25, 0.3) is 16.5 Å². The highest BCUT2D eigenvalue weighted by molar-refractivity contribution is 5.80. The minimum Gasteiger partial charge on any atom is -0.351 e. The van der Waals surface area contributed by atoms with E-state index in [0.29, 0.717) is 6.41 Å². The molecule has 0 fully saturated rings. The van der Waals surface area contributed by atoms with Crippen LogP contribution < -0.4 is 5.32 Å². The predicted molar refractivity (Wildman–Crippen MR) is 101 cm³/mol. The third kappa shape index (κ3) is 3.25. The van der Waals surface area contributed by atoms with Gasteiger partial charge in [0.25, 0.3) is 0 Å². The fourth-order valence-electron chi connectivity index (χ4n) is 3.09. The molecule has 0 radical (unpaired) electrons. The van der Waals surface area contributed by atoms with Gasteiger partial charge in [0.2, 0.25) is 6.41 Å². The topological polar surface area (TPSA) is 34.0 Å². The lowest BCUT2D eigenvalue weighted by Crippen LogP contribution is -1.99. The molecule has 2 aromatic carbocycles. The van der Waals surface area contributed by atoms with E-state index in [0.717, 1.165) is 29.7 Å². The Morgan fingerprint density at radius 3 is 2.75 bits per heavy atom. The molecular formula is C21H22N2O. The number of nitrogens with one attached hydrogen (secondary N) is 1. The van der Waals surface area contributed by atoms with Crippen LogP contribution in [0.4, 0.5) is 5.69 Å². The molecule has 0 aliphatic rings. The first-order valence-electron chi connectivity index (χ1n) is 8.11.